The Labute approximate surface area is 184 Å². The van der Waals surface area contributed by atoms with Crippen LogP contribution in [0.4, 0.5) is 5.95 Å². The van der Waals surface area contributed by atoms with E-state index in [1.54, 1.807) is 23.3 Å². The van der Waals surface area contributed by atoms with E-state index in [9.17, 15) is 0 Å². The highest BCUT2D eigenvalue weighted by Gasteiger charge is 2.23. The molecule has 5 heterocycles. The van der Waals surface area contributed by atoms with Crippen molar-refractivity contribution < 1.29 is 4.74 Å². The van der Waals surface area contributed by atoms with Crippen molar-refractivity contribution in [2.75, 3.05) is 18.0 Å². The minimum Gasteiger partial charge on any atom is -0.486 e. The Bertz CT molecular complexity index is 1120. The molecule has 0 unspecified atom stereocenters. The van der Waals surface area contributed by atoms with Gasteiger partial charge in [-0.1, -0.05) is 6.92 Å². The van der Waals surface area contributed by atoms with E-state index in [4.69, 9.17) is 4.74 Å². The largest absolute Gasteiger partial charge is 0.486 e. The van der Waals surface area contributed by atoms with Crippen LogP contribution < -0.4 is 9.64 Å². The molecule has 1 saturated heterocycles. The molecule has 0 bridgehead atoms. The first-order valence-electron chi connectivity index (χ1n) is 10.6. The van der Waals surface area contributed by atoms with Gasteiger partial charge in [-0.05, 0) is 47.4 Å². The fraction of sp³-hybridized carbons (Fsp3) is 0.400. The number of anilines is 1. The van der Waals surface area contributed by atoms with E-state index in [0.29, 0.717) is 18.2 Å². The van der Waals surface area contributed by atoms with E-state index in [1.807, 2.05) is 18.5 Å². The number of rotatable bonds is 7. The molecular formula is C20H23N11O. The molecule has 4 aromatic rings. The van der Waals surface area contributed by atoms with Crippen molar-refractivity contribution >= 4 is 5.95 Å². The highest BCUT2D eigenvalue weighted by atomic mass is 16.5. The normalized spacial score (nSPS) is 14.6. The van der Waals surface area contributed by atoms with E-state index in [1.165, 1.54) is 11.0 Å². The number of aromatic nitrogens is 10. The predicted octanol–water partition coefficient (Wildman–Crippen LogP) is 1.42. The summed E-state index contributed by atoms with van der Waals surface area (Å²) in [5.41, 5.74) is 1.92. The summed E-state index contributed by atoms with van der Waals surface area (Å²) < 4.78 is 7.27. The number of hydrogen-bond donors (Lipinski definition) is 0. The van der Waals surface area contributed by atoms with Gasteiger partial charge in [0.2, 0.25) is 5.95 Å². The number of ether oxygens (including phenoxy) is 1. The van der Waals surface area contributed by atoms with Crippen LogP contribution in [-0.4, -0.2) is 63.2 Å². The van der Waals surface area contributed by atoms with Gasteiger partial charge in [0.15, 0.2) is 5.82 Å². The van der Waals surface area contributed by atoms with Gasteiger partial charge in [0, 0.05) is 25.5 Å². The Morgan fingerprint density at radius 2 is 1.88 bits per heavy atom. The van der Waals surface area contributed by atoms with Gasteiger partial charge in [-0.2, -0.15) is 19.7 Å². The van der Waals surface area contributed by atoms with Crippen LogP contribution in [0.1, 0.15) is 37.1 Å². The van der Waals surface area contributed by atoms with E-state index < -0.39 is 0 Å². The lowest BCUT2D eigenvalue weighted by Gasteiger charge is -2.31. The van der Waals surface area contributed by atoms with Gasteiger partial charge in [-0.15, -0.1) is 5.10 Å². The lowest BCUT2D eigenvalue weighted by Crippen LogP contribution is -2.36. The minimum atomic E-state index is 0.257. The Kier molecular flexibility index (Phi) is 5.64. The van der Waals surface area contributed by atoms with Crippen LogP contribution in [0, 0.1) is 0 Å². The molecule has 164 valence electrons. The summed E-state index contributed by atoms with van der Waals surface area (Å²) in [6.07, 6.45) is 11.5. The van der Waals surface area contributed by atoms with Crippen molar-refractivity contribution in [1.82, 2.24) is 50.2 Å². The van der Waals surface area contributed by atoms with E-state index in [0.717, 1.165) is 49.6 Å². The second-order valence-corrected chi connectivity index (χ2v) is 7.51. The lowest BCUT2D eigenvalue weighted by atomic mass is 10.1. The van der Waals surface area contributed by atoms with Gasteiger partial charge in [0.05, 0.1) is 18.4 Å². The van der Waals surface area contributed by atoms with Gasteiger partial charge in [-0.25, -0.2) is 15.0 Å². The molecule has 0 N–H and O–H groups in total. The summed E-state index contributed by atoms with van der Waals surface area (Å²) in [4.78, 5) is 17.3. The fourth-order valence-electron chi connectivity index (χ4n) is 3.56. The summed E-state index contributed by atoms with van der Waals surface area (Å²) in [5.74, 6) is 2.05. The molecule has 1 aliphatic rings. The fourth-order valence-corrected chi connectivity index (χ4v) is 3.56. The van der Waals surface area contributed by atoms with Crippen LogP contribution in [0.25, 0.3) is 5.82 Å². The number of aryl methyl sites for hydroxylation is 1. The van der Waals surface area contributed by atoms with Gasteiger partial charge >= 0.3 is 0 Å². The number of nitrogens with zero attached hydrogens (tertiary/aromatic N) is 11. The van der Waals surface area contributed by atoms with Crippen LogP contribution in [0.2, 0.25) is 0 Å². The maximum atomic E-state index is 5.79. The van der Waals surface area contributed by atoms with Gasteiger partial charge < -0.3 is 9.64 Å². The van der Waals surface area contributed by atoms with Crippen LogP contribution in [0.15, 0.2) is 43.2 Å². The van der Waals surface area contributed by atoms with E-state index >= 15 is 0 Å². The maximum Gasteiger partial charge on any atom is 0.225 e. The minimum absolute atomic E-state index is 0.257. The van der Waals surface area contributed by atoms with Crippen molar-refractivity contribution in [3.63, 3.8) is 0 Å². The summed E-state index contributed by atoms with van der Waals surface area (Å²) in [6.45, 7) is 4.18. The number of pyridine rings is 1. The average Bonchev–Trinajstić information content (AvgIpc) is 3.56. The second-order valence-electron chi connectivity index (χ2n) is 7.51. The van der Waals surface area contributed by atoms with Gasteiger partial charge in [-0.3, -0.25) is 0 Å². The first kappa shape index (κ1) is 20.0. The second kappa shape index (κ2) is 9.04. The first-order chi connectivity index (χ1) is 15.8. The summed E-state index contributed by atoms with van der Waals surface area (Å²) in [7, 11) is 0. The zero-order valence-corrected chi connectivity index (χ0v) is 17.7. The number of piperidine rings is 1. The van der Waals surface area contributed by atoms with E-state index in [-0.39, 0.29) is 6.04 Å². The quantitative estimate of drug-likeness (QED) is 0.422. The summed E-state index contributed by atoms with van der Waals surface area (Å²) >= 11 is 0. The number of hydrogen-bond acceptors (Lipinski definition) is 10. The lowest BCUT2D eigenvalue weighted by molar-refractivity contribution is 0.290. The first-order valence-corrected chi connectivity index (χ1v) is 10.6. The monoisotopic (exact) mass is 433 g/mol. The Morgan fingerprint density at radius 3 is 2.56 bits per heavy atom. The molecule has 1 aliphatic heterocycles. The molecule has 0 aromatic carbocycles. The topological polar surface area (TPSA) is 125 Å². The zero-order valence-electron chi connectivity index (χ0n) is 17.7. The molecular weight excluding hydrogens is 410 g/mol. The molecule has 12 nitrogen and oxygen atoms in total. The molecule has 32 heavy (non-hydrogen) atoms. The van der Waals surface area contributed by atoms with Crippen LogP contribution in [0.5, 0.6) is 5.75 Å². The van der Waals surface area contributed by atoms with Crippen molar-refractivity contribution in [2.24, 2.45) is 0 Å². The molecule has 0 amide bonds. The molecule has 0 saturated carbocycles. The molecule has 0 spiro atoms. The Hall–Kier alpha value is -3.96. The van der Waals surface area contributed by atoms with Crippen LogP contribution in [0.3, 0.4) is 0 Å². The SMILES string of the molecule is CCc1cnc(N2CCC(n3ncc(COc4ccc(-n5cnnn5)nc4)n3)CC2)nc1. The van der Waals surface area contributed by atoms with Crippen molar-refractivity contribution in [3.05, 3.63) is 54.5 Å². The van der Waals surface area contributed by atoms with Crippen molar-refractivity contribution in [2.45, 2.75) is 38.8 Å². The standard InChI is InChI=1S/C20H23N11O/c1-2-15-9-22-20(23-10-15)29-7-5-17(6-8-29)31-25-11-16(26-31)13-32-18-3-4-19(21-12-18)30-14-24-27-28-30/h3-4,9-12,14,17H,2,5-8,13H2,1H3. The zero-order chi connectivity index (χ0) is 21.8. The van der Waals surface area contributed by atoms with Gasteiger partial charge in [0.1, 0.15) is 24.4 Å². The Balaban J connectivity index is 1.13. The van der Waals surface area contributed by atoms with Crippen molar-refractivity contribution in [3.8, 4) is 11.6 Å². The highest BCUT2D eigenvalue weighted by molar-refractivity contribution is 5.30. The maximum absolute atomic E-state index is 5.79. The van der Waals surface area contributed by atoms with E-state index in [2.05, 4.69) is 52.5 Å². The third-order valence-electron chi connectivity index (χ3n) is 5.42. The molecule has 4 aromatic heterocycles. The predicted molar refractivity (Wildman–Crippen MR) is 113 cm³/mol. The van der Waals surface area contributed by atoms with Crippen molar-refractivity contribution in [1.29, 1.82) is 0 Å². The smallest absolute Gasteiger partial charge is 0.225 e. The summed E-state index contributed by atoms with van der Waals surface area (Å²) in [5, 5.41) is 20.1. The average molecular weight is 433 g/mol. The third-order valence-corrected chi connectivity index (χ3v) is 5.42. The van der Waals surface area contributed by atoms with Crippen LogP contribution >= 0.6 is 0 Å². The molecule has 1 fully saturated rings. The molecule has 0 atom stereocenters. The molecule has 12 heteroatoms. The summed E-state index contributed by atoms with van der Waals surface area (Å²) in [6, 6.07) is 3.86. The highest BCUT2D eigenvalue weighted by Crippen LogP contribution is 2.23. The number of tetrazole rings is 1. The molecule has 0 aliphatic carbocycles. The molecule has 0 radical (unpaired) electrons. The molecule has 5 rings (SSSR count). The third kappa shape index (κ3) is 4.38. The van der Waals surface area contributed by atoms with Gasteiger partial charge in [0.25, 0.3) is 0 Å². The van der Waals surface area contributed by atoms with Crippen LogP contribution in [-0.2, 0) is 13.0 Å². The Morgan fingerprint density at radius 1 is 1.03 bits per heavy atom.